The maximum absolute atomic E-state index is 12.3. The molecule has 0 aliphatic heterocycles. The van der Waals surface area contributed by atoms with E-state index < -0.39 is 10.0 Å². The van der Waals surface area contributed by atoms with Crippen LogP contribution in [0, 0.1) is 0 Å². The van der Waals surface area contributed by atoms with Gasteiger partial charge >= 0.3 is 0 Å². The summed E-state index contributed by atoms with van der Waals surface area (Å²) in [6, 6.07) is 14.9. The van der Waals surface area contributed by atoms with Crippen LogP contribution in [0.2, 0.25) is 5.02 Å². The van der Waals surface area contributed by atoms with Crippen molar-refractivity contribution in [1.29, 1.82) is 0 Å². The van der Waals surface area contributed by atoms with E-state index in [1.54, 1.807) is 23.9 Å². The summed E-state index contributed by atoms with van der Waals surface area (Å²) in [6.45, 7) is 4.36. The minimum absolute atomic E-state index is 0.241. The van der Waals surface area contributed by atoms with Crippen molar-refractivity contribution in [2.75, 3.05) is 29.4 Å². The lowest BCUT2D eigenvalue weighted by molar-refractivity contribution is -0.119. The molecule has 29 heavy (non-hydrogen) atoms. The van der Waals surface area contributed by atoms with Crippen LogP contribution in [0.1, 0.15) is 30.9 Å². The summed E-state index contributed by atoms with van der Waals surface area (Å²) in [5.41, 5.74) is 2.65. The van der Waals surface area contributed by atoms with Gasteiger partial charge in [0.05, 0.1) is 11.9 Å². The Kier molecular flexibility index (Phi) is 8.86. The molecule has 0 heterocycles. The SMILES string of the molecule is CC(C)c1ccc(N(CC(=O)NCCSCc2ccccc2Cl)S(C)(=O)=O)cc1. The number of carbonyl (C=O) groups excluding carboxylic acids is 1. The molecule has 0 atom stereocenters. The predicted molar refractivity (Wildman–Crippen MR) is 123 cm³/mol. The monoisotopic (exact) mass is 454 g/mol. The van der Waals surface area contributed by atoms with Crippen molar-refractivity contribution in [3.63, 3.8) is 0 Å². The van der Waals surface area contributed by atoms with Gasteiger partial charge < -0.3 is 5.32 Å². The van der Waals surface area contributed by atoms with Crippen molar-refractivity contribution in [3.8, 4) is 0 Å². The molecule has 0 radical (unpaired) electrons. The van der Waals surface area contributed by atoms with Crippen molar-refractivity contribution >= 4 is 45.0 Å². The second-order valence-corrected chi connectivity index (χ2v) is 10.4. The molecule has 1 N–H and O–H groups in total. The van der Waals surface area contributed by atoms with Gasteiger partial charge in [-0.05, 0) is 35.2 Å². The first kappa shape index (κ1) is 23.6. The van der Waals surface area contributed by atoms with Gasteiger partial charge in [-0.2, -0.15) is 11.8 Å². The van der Waals surface area contributed by atoms with Gasteiger partial charge in [-0.1, -0.05) is 55.8 Å². The van der Waals surface area contributed by atoms with Gasteiger partial charge in [-0.3, -0.25) is 9.10 Å². The third-order valence-corrected chi connectivity index (χ3v) is 6.84. The molecule has 5 nitrogen and oxygen atoms in total. The molecule has 2 aromatic rings. The fraction of sp³-hybridized carbons (Fsp3) is 0.381. The Morgan fingerprint density at radius 2 is 1.79 bits per heavy atom. The number of nitrogens with zero attached hydrogens (tertiary/aromatic N) is 1. The van der Waals surface area contributed by atoms with Gasteiger partial charge in [0.2, 0.25) is 15.9 Å². The van der Waals surface area contributed by atoms with Gasteiger partial charge in [0, 0.05) is 23.1 Å². The molecule has 0 saturated carbocycles. The Bertz CT molecular complexity index is 916. The average molecular weight is 455 g/mol. The number of anilines is 1. The van der Waals surface area contributed by atoms with E-state index in [9.17, 15) is 13.2 Å². The Balaban J connectivity index is 1.86. The van der Waals surface area contributed by atoms with Gasteiger partial charge in [-0.15, -0.1) is 0 Å². The van der Waals surface area contributed by atoms with E-state index >= 15 is 0 Å². The maximum Gasteiger partial charge on any atom is 0.240 e. The highest BCUT2D eigenvalue weighted by Gasteiger charge is 2.20. The number of benzene rings is 2. The molecule has 0 aliphatic carbocycles. The third-order valence-electron chi connectivity index (χ3n) is 4.32. The van der Waals surface area contributed by atoms with Crippen LogP contribution in [0.4, 0.5) is 5.69 Å². The van der Waals surface area contributed by atoms with E-state index in [0.29, 0.717) is 23.9 Å². The van der Waals surface area contributed by atoms with E-state index in [1.165, 1.54) is 0 Å². The zero-order valence-corrected chi connectivity index (χ0v) is 19.3. The summed E-state index contributed by atoms with van der Waals surface area (Å²) in [5.74, 6) is 1.48. The molecular formula is C21H27ClN2O3S2. The second-order valence-electron chi connectivity index (χ2n) is 7.01. The molecule has 2 rings (SSSR count). The maximum atomic E-state index is 12.3. The van der Waals surface area contributed by atoms with Crippen molar-refractivity contribution in [3.05, 3.63) is 64.7 Å². The van der Waals surface area contributed by atoms with Gasteiger partial charge in [-0.25, -0.2) is 8.42 Å². The molecule has 1 amide bonds. The van der Waals surface area contributed by atoms with Crippen molar-refractivity contribution in [2.24, 2.45) is 0 Å². The van der Waals surface area contributed by atoms with E-state index in [4.69, 9.17) is 11.6 Å². The summed E-state index contributed by atoms with van der Waals surface area (Å²) in [5, 5.41) is 3.52. The van der Waals surface area contributed by atoms with E-state index in [2.05, 4.69) is 19.2 Å². The average Bonchev–Trinajstić information content (AvgIpc) is 2.66. The van der Waals surface area contributed by atoms with Crippen molar-refractivity contribution in [1.82, 2.24) is 5.32 Å². The van der Waals surface area contributed by atoms with Gasteiger partial charge in [0.15, 0.2) is 0 Å². The Morgan fingerprint density at radius 1 is 1.14 bits per heavy atom. The molecule has 0 bridgehead atoms. The minimum atomic E-state index is -3.57. The number of halogens is 1. The fourth-order valence-electron chi connectivity index (χ4n) is 2.67. The molecule has 8 heteroatoms. The first-order valence-corrected chi connectivity index (χ1v) is 12.7. The molecule has 2 aromatic carbocycles. The Labute approximate surface area is 182 Å². The highest BCUT2D eigenvalue weighted by atomic mass is 35.5. The number of hydrogen-bond donors (Lipinski definition) is 1. The lowest BCUT2D eigenvalue weighted by atomic mass is 10.0. The number of nitrogens with one attached hydrogen (secondary N) is 1. The summed E-state index contributed by atoms with van der Waals surface area (Å²) < 4.78 is 25.5. The molecule has 158 valence electrons. The standard InChI is InChI=1S/C21H27ClN2O3S2/c1-16(2)17-8-10-19(11-9-17)24(29(3,26)27)14-21(25)23-12-13-28-15-18-6-4-5-7-20(18)22/h4-11,16H,12-15H2,1-3H3,(H,23,25). The van der Waals surface area contributed by atoms with Crippen molar-refractivity contribution < 1.29 is 13.2 Å². The van der Waals surface area contributed by atoms with E-state index in [1.807, 2.05) is 36.4 Å². The zero-order valence-electron chi connectivity index (χ0n) is 16.9. The lowest BCUT2D eigenvalue weighted by Crippen LogP contribution is -2.41. The predicted octanol–water partition coefficient (Wildman–Crippen LogP) is 4.28. The first-order valence-electron chi connectivity index (χ1n) is 9.34. The zero-order chi connectivity index (χ0) is 21.4. The quantitative estimate of drug-likeness (QED) is 0.544. The van der Waals surface area contributed by atoms with Crippen LogP contribution < -0.4 is 9.62 Å². The third kappa shape index (κ3) is 7.57. The van der Waals surface area contributed by atoms with Crippen LogP contribution in [0.15, 0.2) is 48.5 Å². The number of sulfonamides is 1. The topological polar surface area (TPSA) is 66.5 Å². The van der Waals surface area contributed by atoms with Crippen molar-refractivity contribution in [2.45, 2.75) is 25.5 Å². The number of carbonyl (C=O) groups is 1. The van der Waals surface area contributed by atoms with Crippen LogP contribution in [-0.4, -0.2) is 39.4 Å². The van der Waals surface area contributed by atoms with Crippen LogP contribution in [0.5, 0.6) is 0 Å². The van der Waals surface area contributed by atoms with Gasteiger partial charge in [0.25, 0.3) is 0 Å². The van der Waals surface area contributed by atoms with Crippen LogP contribution in [-0.2, 0) is 20.6 Å². The molecule has 0 aromatic heterocycles. The minimum Gasteiger partial charge on any atom is -0.354 e. The number of rotatable bonds is 10. The fourth-order valence-corrected chi connectivity index (χ4v) is 4.67. The number of hydrogen-bond acceptors (Lipinski definition) is 4. The highest BCUT2D eigenvalue weighted by Crippen LogP contribution is 2.22. The second kappa shape index (κ2) is 10.9. The Hall–Kier alpha value is -1.70. The molecule has 0 unspecified atom stereocenters. The summed E-state index contributed by atoms with van der Waals surface area (Å²) in [6.07, 6.45) is 1.11. The van der Waals surface area contributed by atoms with E-state index in [-0.39, 0.29) is 12.5 Å². The van der Waals surface area contributed by atoms with Crippen LogP contribution >= 0.6 is 23.4 Å². The highest BCUT2D eigenvalue weighted by molar-refractivity contribution is 7.98. The van der Waals surface area contributed by atoms with Gasteiger partial charge in [0.1, 0.15) is 6.54 Å². The normalized spacial score (nSPS) is 11.5. The smallest absolute Gasteiger partial charge is 0.240 e. The summed E-state index contributed by atoms with van der Waals surface area (Å²) in [4.78, 5) is 12.3. The number of amides is 1. The lowest BCUT2D eigenvalue weighted by Gasteiger charge is -2.22. The Morgan fingerprint density at radius 3 is 2.38 bits per heavy atom. The largest absolute Gasteiger partial charge is 0.354 e. The summed E-state index contributed by atoms with van der Waals surface area (Å²) >= 11 is 7.78. The molecule has 0 saturated heterocycles. The van der Waals surface area contributed by atoms with E-state index in [0.717, 1.165) is 32.5 Å². The molecule has 0 fully saturated rings. The summed E-state index contributed by atoms with van der Waals surface area (Å²) in [7, 11) is -3.57. The van der Waals surface area contributed by atoms with Crippen LogP contribution in [0.25, 0.3) is 0 Å². The van der Waals surface area contributed by atoms with Crippen LogP contribution in [0.3, 0.4) is 0 Å². The molecule has 0 spiro atoms. The molecular weight excluding hydrogens is 428 g/mol. The number of thioether (sulfide) groups is 1. The first-order chi connectivity index (χ1) is 13.7. The molecule has 0 aliphatic rings.